The molecule has 6 rings (SSSR count). The van der Waals surface area contributed by atoms with Crippen molar-refractivity contribution in [1.82, 2.24) is 30.0 Å². The molecule has 2 aliphatic heterocycles. The zero-order chi connectivity index (χ0) is 28.0. The van der Waals surface area contributed by atoms with Crippen LogP contribution in [0.2, 0.25) is 0 Å². The summed E-state index contributed by atoms with van der Waals surface area (Å²) in [5, 5.41) is 11.4. The number of anilines is 2. The van der Waals surface area contributed by atoms with E-state index < -0.39 is 0 Å². The lowest BCUT2D eigenvalue weighted by Crippen LogP contribution is -2.37. The van der Waals surface area contributed by atoms with E-state index in [1.807, 2.05) is 30.5 Å². The normalized spacial score (nSPS) is 16.5. The van der Waals surface area contributed by atoms with E-state index in [9.17, 15) is 4.79 Å². The van der Waals surface area contributed by atoms with Gasteiger partial charge in [0, 0.05) is 50.5 Å². The van der Waals surface area contributed by atoms with Crippen LogP contribution in [0, 0.1) is 0 Å². The van der Waals surface area contributed by atoms with Gasteiger partial charge in [-0.05, 0) is 42.7 Å². The van der Waals surface area contributed by atoms with Gasteiger partial charge in [-0.3, -0.25) is 4.90 Å². The summed E-state index contributed by atoms with van der Waals surface area (Å²) in [5.74, 6) is 1.54. The zero-order valence-electron chi connectivity index (χ0n) is 23.2. The number of hydrogen-bond donors (Lipinski definition) is 2. The Morgan fingerprint density at radius 2 is 1.76 bits per heavy atom. The number of benzene rings is 2. The molecule has 2 amide bonds. The third kappa shape index (κ3) is 6.23. The fourth-order valence-electron chi connectivity index (χ4n) is 5.53. The number of ether oxygens (including phenoxy) is 1. The van der Waals surface area contributed by atoms with Gasteiger partial charge in [-0.25, -0.2) is 19.4 Å². The van der Waals surface area contributed by atoms with Gasteiger partial charge in [0.15, 0.2) is 11.5 Å². The number of nitrogens with zero attached hydrogens (tertiary/aromatic N) is 6. The fraction of sp³-hybridized carbons (Fsp3) is 0.355. The third-order valence-corrected chi connectivity index (χ3v) is 7.70. The highest BCUT2D eigenvalue weighted by atomic mass is 16.5. The first-order valence-corrected chi connectivity index (χ1v) is 14.3. The molecule has 10 nitrogen and oxygen atoms in total. The molecule has 2 aromatic carbocycles. The third-order valence-electron chi connectivity index (χ3n) is 7.70. The van der Waals surface area contributed by atoms with Crippen LogP contribution >= 0.6 is 0 Å². The molecule has 212 valence electrons. The number of piperidine rings is 1. The number of likely N-dealkylation sites (tertiary alicyclic amines) is 1. The van der Waals surface area contributed by atoms with Crippen LogP contribution in [0.1, 0.15) is 24.4 Å². The molecule has 0 spiro atoms. The molecule has 4 aromatic rings. The highest BCUT2D eigenvalue weighted by molar-refractivity contribution is 5.90. The number of fused-ring (bicyclic) bond motifs is 1. The van der Waals surface area contributed by atoms with Gasteiger partial charge in [0.25, 0.3) is 0 Å². The Morgan fingerprint density at radius 1 is 1.00 bits per heavy atom. The molecule has 0 atom stereocenters. The zero-order valence-corrected chi connectivity index (χ0v) is 23.2. The van der Waals surface area contributed by atoms with Crippen molar-refractivity contribution in [1.29, 1.82) is 0 Å². The lowest BCUT2D eigenvalue weighted by molar-refractivity contribution is 0.122. The van der Waals surface area contributed by atoms with Crippen LogP contribution in [0.25, 0.3) is 22.4 Å². The molecule has 0 radical (unpaired) electrons. The Hall–Kier alpha value is -4.28. The minimum absolute atomic E-state index is 0.274. The van der Waals surface area contributed by atoms with E-state index in [2.05, 4.69) is 62.0 Å². The Balaban J connectivity index is 1.26. The fourth-order valence-corrected chi connectivity index (χ4v) is 5.53. The number of amides is 2. The summed E-state index contributed by atoms with van der Waals surface area (Å²) in [6.45, 7) is 9.93. The molecule has 2 fully saturated rings. The van der Waals surface area contributed by atoms with Crippen molar-refractivity contribution < 1.29 is 9.53 Å². The van der Waals surface area contributed by atoms with Crippen LogP contribution in [0.15, 0.2) is 73.4 Å². The Morgan fingerprint density at radius 3 is 2.49 bits per heavy atom. The average molecular weight is 553 g/mol. The van der Waals surface area contributed by atoms with Gasteiger partial charge in [-0.2, -0.15) is 5.10 Å². The van der Waals surface area contributed by atoms with Crippen LogP contribution in [-0.2, 0) is 11.3 Å². The molecule has 2 saturated heterocycles. The molecule has 0 saturated carbocycles. The lowest BCUT2D eigenvalue weighted by Gasteiger charge is -2.32. The topological polar surface area (TPSA) is 100 Å². The van der Waals surface area contributed by atoms with Crippen molar-refractivity contribution in [3.63, 3.8) is 0 Å². The highest BCUT2D eigenvalue weighted by Crippen LogP contribution is 2.32. The number of urea groups is 1. The van der Waals surface area contributed by atoms with E-state index in [1.165, 1.54) is 5.56 Å². The van der Waals surface area contributed by atoms with Crippen LogP contribution in [0.4, 0.5) is 16.3 Å². The first-order chi connectivity index (χ1) is 20.2. The van der Waals surface area contributed by atoms with Crippen molar-refractivity contribution in [3.05, 3.63) is 79.0 Å². The molecule has 0 bridgehead atoms. The van der Waals surface area contributed by atoms with Gasteiger partial charge in [0.05, 0.1) is 30.8 Å². The number of hydrogen-bond acceptors (Lipinski definition) is 7. The van der Waals surface area contributed by atoms with Crippen LogP contribution in [-0.4, -0.2) is 76.6 Å². The van der Waals surface area contributed by atoms with Crippen molar-refractivity contribution >= 4 is 28.6 Å². The summed E-state index contributed by atoms with van der Waals surface area (Å²) >= 11 is 0. The second-order valence-electron chi connectivity index (χ2n) is 10.5. The van der Waals surface area contributed by atoms with Gasteiger partial charge in [-0.1, -0.05) is 36.4 Å². The van der Waals surface area contributed by atoms with Crippen LogP contribution in [0.5, 0.6) is 0 Å². The Labute approximate surface area is 240 Å². The lowest BCUT2D eigenvalue weighted by atomic mass is 10.0. The van der Waals surface area contributed by atoms with Crippen molar-refractivity contribution in [2.24, 2.45) is 0 Å². The van der Waals surface area contributed by atoms with E-state index in [-0.39, 0.29) is 12.1 Å². The minimum atomic E-state index is -0.274. The molecule has 0 aliphatic carbocycles. The maximum absolute atomic E-state index is 12.0. The maximum atomic E-state index is 12.0. The van der Waals surface area contributed by atoms with Gasteiger partial charge in [0.2, 0.25) is 0 Å². The van der Waals surface area contributed by atoms with Gasteiger partial charge >= 0.3 is 6.03 Å². The Kier molecular flexibility index (Phi) is 8.20. The largest absolute Gasteiger partial charge is 0.378 e. The summed E-state index contributed by atoms with van der Waals surface area (Å²) in [6, 6.07) is 18.3. The summed E-state index contributed by atoms with van der Waals surface area (Å²) in [6.07, 6.45) is 5.60. The van der Waals surface area contributed by atoms with Gasteiger partial charge in [0.1, 0.15) is 5.82 Å². The number of rotatable bonds is 8. The van der Waals surface area contributed by atoms with E-state index in [1.54, 1.807) is 6.08 Å². The number of morpholine rings is 1. The predicted octanol–water partition coefficient (Wildman–Crippen LogP) is 4.47. The number of nitrogens with one attached hydrogen (secondary N) is 2. The second kappa shape index (κ2) is 12.5. The summed E-state index contributed by atoms with van der Waals surface area (Å²) in [7, 11) is 0. The SMILES string of the molecule is C=CCNC(=O)Nc1ccc(-c2nc(N3CCOCC3)c3cnn(C4CCN(Cc5ccccc5)CC4)c3n2)cc1. The molecule has 2 N–H and O–H groups in total. The maximum Gasteiger partial charge on any atom is 0.319 e. The average Bonchev–Trinajstić information content (AvgIpc) is 3.45. The van der Waals surface area contributed by atoms with E-state index in [0.717, 1.165) is 68.0 Å². The summed E-state index contributed by atoms with van der Waals surface area (Å²) < 4.78 is 7.73. The van der Waals surface area contributed by atoms with Gasteiger partial charge in [-0.15, -0.1) is 6.58 Å². The summed E-state index contributed by atoms with van der Waals surface area (Å²) in [5.41, 5.74) is 3.78. The van der Waals surface area contributed by atoms with Crippen LogP contribution < -0.4 is 15.5 Å². The quantitative estimate of drug-likeness (QED) is 0.311. The van der Waals surface area contributed by atoms with Crippen molar-refractivity contribution in [3.8, 4) is 11.4 Å². The predicted molar refractivity (Wildman–Crippen MR) is 161 cm³/mol. The molecular weight excluding hydrogens is 516 g/mol. The van der Waals surface area contributed by atoms with Gasteiger partial charge < -0.3 is 20.3 Å². The van der Waals surface area contributed by atoms with Crippen molar-refractivity contribution in [2.75, 3.05) is 56.2 Å². The molecule has 41 heavy (non-hydrogen) atoms. The molecule has 2 aromatic heterocycles. The highest BCUT2D eigenvalue weighted by Gasteiger charge is 2.26. The monoisotopic (exact) mass is 552 g/mol. The van der Waals surface area contributed by atoms with E-state index in [4.69, 9.17) is 19.8 Å². The number of aromatic nitrogens is 4. The molecule has 0 unspecified atom stereocenters. The molecular formula is C31H36N8O2. The molecule has 4 heterocycles. The molecule has 10 heteroatoms. The van der Waals surface area contributed by atoms with E-state index >= 15 is 0 Å². The Bertz CT molecular complexity index is 1470. The second-order valence-corrected chi connectivity index (χ2v) is 10.5. The standard InChI is InChI=1S/C31H36N8O2/c1-2-14-32-31(40)34-25-10-8-24(9-11-25)28-35-29(38-17-19-41-20-18-38)27-21-33-39(30(27)36-28)26-12-15-37(16-13-26)22-23-6-4-3-5-7-23/h2-11,21,26H,1,12-20,22H2,(H2,32,34,40). The number of carbonyl (C=O) groups excluding carboxylic acids is 1. The smallest absolute Gasteiger partial charge is 0.319 e. The number of carbonyl (C=O) groups is 1. The molecule has 2 aliphatic rings. The first kappa shape index (κ1) is 26.9. The van der Waals surface area contributed by atoms with E-state index in [0.29, 0.717) is 31.3 Å². The van der Waals surface area contributed by atoms with Crippen LogP contribution in [0.3, 0.4) is 0 Å². The van der Waals surface area contributed by atoms with Crippen molar-refractivity contribution in [2.45, 2.75) is 25.4 Å². The summed E-state index contributed by atoms with van der Waals surface area (Å²) in [4.78, 5) is 26.9. The minimum Gasteiger partial charge on any atom is -0.378 e. The first-order valence-electron chi connectivity index (χ1n) is 14.3.